The van der Waals surface area contributed by atoms with E-state index in [1.165, 1.54) is 23.1 Å². The van der Waals surface area contributed by atoms with E-state index < -0.39 is 0 Å². The lowest BCUT2D eigenvalue weighted by Gasteiger charge is -2.36. The first-order valence-electron chi connectivity index (χ1n) is 7.36. The van der Waals surface area contributed by atoms with Gasteiger partial charge in [0.05, 0.1) is 0 Å². The molecule has 120 valence electrons. The minimum absolute atomic E-state index is 0. The van der Waals surface area contributed by atoms with Crippen molar-refractivity contribution in [2.24, 2.45) is 0 Å². The van der Waals surface area contributed by atoms with Gasteiger partial charge >= 0.3 is 0 Å². The van der Waals surface area contributed by atoms with Crippen LogP contribution in [0.4, 0.5) is 0 Å². The molecule has 2 rings (SSSR count). The molecule has 1 aromatic rings. The van der Waals surface area contributed by atoms with Gasteiger partial charge in [-0.3, -0.25) is 4.90 Å². The molecule has 1 aliphatic heterocycles. The molecule has 21 heavy (non-hydrogen) atoms. The standard InChI is InChI=1S/C17H26N2.2ClH/c1-4-5-9-16(19-12-10-18-11-13-19)17-14(2)7-6-8-15(17)3;;/h4,6-8,16,18H,1,5,9-13H2,2-3H3;2*1H/t16-;;/m0../s1. The molecule has 4 heteroatoms. The van der Waals surface area contributed by atoms with Gasteiger partial charge in [0.2, 0.25) is 0 Å². The molecule has 1 saturated heterocycles. The molecule has 1 fully saturated rings. The van der Waals surface area contributed by atoms with Crippen LogP contribution in [0.2, 0.25) is 0 Å². The third-order valence-corrected chi connectivity index (χ3v) is 4.11. The third-order valence-electron chi connectivity index (χ3n) is 4.11. The van der Waals surface area contributed by atoms with Crippen molar-refractivity contribution < 1.29 is 0 Å². The van der Waals surface area contributed by atoms with Gasteiger partial charge in [0, 0.05) is 32.2 Å². The van der Waals surface area contributed by atoms with Gasteiger partial charge in [0.15, 0.2) is 0 Å². The Balaban J connectivity index is 0.00000200. The molecule has 1 atom stereocenters. The van der Waals surface area contributed by atoms with Crippen LogP contribution in [0.15, 0.2) is 30.9 Å². The highest BCUT2D eigenvalue weighted by atomic mass is 35.5. The summed E-state index contributed by atoms with van der Waals surface area (Å²) in [6.07, 6.45) is 4.31. The monoisotopic (exact) mass is 330 g/mol. The van der Waals surface area contributed by atoms with Gasteiger partial charge in [-0.1, -0.05) is 24.3 Å². The number of hydrogen-bond donors (Lipinski definition) is 1. The predicted octanol–water partition coefficient (Wildman–Crippen LogP) is 4.06. The summed E-state index contributed by atoms with van der Waals surface area (Å²) in [5.74, 6) is 0. The van der Waals surface area contributed by atoms with Crippen molar-refractivity contribution >= 4 is 24.8 Å². The summed E-state index contributed by atoms with van der Waals surface area (Å²) in [6, 6.07) is 7.19. The molecule has 1 aromatic carbocycles. The van der Waals surface area contributed by atoms with E-state index in [4.69, 9.17) is 0 Å². The number of piperazine rings is 1. The number of hydrogen-bond acceptors (Lipinski definition) is 2. The van der Waals surface area contributed by atoms with Crippen LogP contribution in [0.25, 0.3) is 0 Å². The van der Waals surface area contributed by atoms with Crippen LogP contribution in [-0.4, -0.2) is 31.1 Å². The summed E-state index contributed by atoms with van der Waals surface area (Å²) in [7, 11) is 0. The smallest absolute Gasteiger partial charge is 0.0357 e. The van der Waals surface area contributed by atoms with E-state index in [0.717, 1.165) is 32.6 Å². The molecule has 0 saturated carbocycles. The molecular formula is C17H28Cl2N2. The Morgan fingerprint density at radius 3 is 2.29 bits per heavy atom. The maximum atomic E-state index is 3.89. The van der Waals surface area contributed by atoms with E-state index in [-0.39, 0.29) is 24.8 Å². The molecule has 0 spiro atoms. The molecule has 1 aliphatic rings. The molecule has 0 radical (unpaired) electrons. The molecule has 0 aromatic heterocycles. The van der Waals surface area contributed by atoms with E-state index >= 15 is 0 Å². The largest absolute Gasteiger partial charge is 0.314 e. The van der Waals surface area contributed by atoms with Gasteiger partial charge < -0.3 is 5.32 Å². The second-order valence-electron chi connectivity index (χ2n) is 5.47. The summed E-state index contributed by atoms with van der Waals surface area (Å²) in [6.45, 7) is 12.9. The Morgan fingerprint density at radius 2 is 1.76 bits per heavy atom. The summed E-state index contributed by atoms with van der Waals surface area (Å²) in [5, 5.41) is 3.44. The molecule has 0 unspecified atom stereocenters. The second-order valence-corrected chi connectivity index (χ2v) is 5.47. The van der Waals surface area contributed by atoms with E-state index in [1.54, 1.807) is 0 Å². The Kier molecular flexibility index (Phi) is 9.97. The maximum Gasteiger partial charge on any atom is 0.0357 e. The normalized spacial score (nSPS) is 16.5. The van der Waals surface area contributed by atoms with Crippen molar-refractivity contribution in [1.82, 2.24) is 10.2 Å². The van der Waals surface area contributed by atoms with Crippen molar-refractivity contribution in [3.63, 3.8) is 0 Å². The van der Waals surface area contributed by atoms with E-state index in [0.29, 0.717) is 6.04 Å². The van der Waals surface area contributed by atoms with E-state index in [9.17, 15) is 0 Å². The average molecular weight is 331 g/mol. The van der Waals surface area contributed by atoms with Gasteiger partial charge in [-0.25, -0.2) is 0 Å². The second kappa shape index (κ2) is 10.2. The number of aryl methyl sites for hydroxylation is 2. The zero-order chi connectivity index (χ0) is 13.7. The van der Waals surface area contributed by atoms with Crippen LogP contribution in [0.3, 0.4) is 0 Å². The lowest BCUT2D eigenvalue weighted by Crippen LogP contribution is -2.45. The topological polar surface area (TPSA) is 15.3 Å². The highest BCUT2D eigenvalue weighted by Crippen LogP contribution is 2.31. The lowest BCUT2D eigenvalue weighted by atomic mass is 9.91. The Labute approximate surface area is 141 Å². The average Bonchev–Trinajstić information content (AvgIpc) is 2.43. The molecule has 0 aliphatic carbocycles. The number of allylic oxidation sites excluding steroid dienone is 1. The lowest BCUT2D eigenvalue weighted by molar-refractivity contribution is 0.165. The minimum atomic E-state index is 0. The fraction of sp³-hybridized carbons (Fsp3) is 0.529. The molecule has 2 nitrogen and oxygen atoms in total. The summed E-state index contributed by atoms with van der Waals surface area (Å²) >= 11 is 0. The van der Waals surface area contributed by atoms with Crippen molar-refractivity contribution in [3.05, 3.63) is 47.5 Å². The van der Waals surface area contributed by atoms with Gasteiger partial charge in [-0.15, -0.1) is 31.4 Å². The molecule has 0 bridgehead atoms. The summed E-state index contributed by atoms with van der Waals surface area (Å²) in [4.78, 5) is 2.63. The first-order chi connectivity index (χ1) is 9.24. The fourth-order valence-electron chi connectivity index (χ4n) is 3.13. The Morgan fingerprint density at radius 1 is 1.19 bits per heavy atom. The van der Waals surface area contributed by atoms with Crippen LogP contribution in [-0.2, 0) is 0 Å². The minimum Gasteiger partial charge on any atom is -0.314 e. The Bertz CT molecular complexity index is 409. The van der Waals surface area contributed by atoms with Gasteiger partial charge in [0.1, 0.15) is 0 Å². The van der Waals surface area contributed by atoms with Crippen molar-refractivity contribution in [3.8, 4) is 0 Å². The van der Waals surface area contributed by atoms with Crippen molar-refractivity contribution in [1.29, 1.82) is 0 Å². The molecule has 0 amide bonds. The van der Waals surface area contributed by atoms with Crippen LogP contribution < -0.4 is 5.32 Å². The molecular weight excluding hydrogens is 303 g/mol. The number of nitrogens with one attached hydrogen (secondary N) is 1. The van der Waals surface area contributed by atoms with Crippen molar-refractivity contribution in [2.45, 2.75) is 32.7 Å². The fourth-order valence-corrected chi connectivity index (χ4v) is 3.13. The highest BCUT2D eigenvalue weighted by Gasteiger charge is 2.23. The van der Waals surface area contributed by atoms with E-state index in [2.05, 4.69) is 48.8 Å². The summed E-state index contributed by atoms with van der Waals surface area (Å²) in [5.41, 5.74) is 4.38. The zero-order valence-corrected chi connectivity index (χ0v) is 14.7. The zero-order valence-electron chi connectivity index (χ0n) is 13.1. The first-order valence-corrected chi connectivity index (χ1v) is 7.36. The van der Waals surface area contributed by atoms with Crippen LogP contribution in [0.5, 0.6) is 0 Å². The summed E-state index contributed by atoms with van der Waals surface area (Å²) < 4.78 is 0. The first kappa shape index (κ1) is 20.5. The molecule has 1 heterocycles. The van der Waals surface area contributed by atoms with Crippen LogP contribution in [0.1, 0.15) is 35.6 Å². The van der Waals surface area contributed by atoms with Gasteiger partial charge in [0.25, 0.3) is 0 Å². The van der Waals surface area contributed by atoms with E-state index in [1.807, 2.05) is 6.08 Å². The predicted molar refractivity (Wildman–Crippen MR) is 97.0 cm³/mol. The Hall–Kier alpha value is -0.540. The van der Waals surface area contributed by atoms with Gasteiger partial charge in [-0.2, -0.15) is 0 Å². The quantitative estimate of drug-likeness (QED) is 0.819. The number of benzene rings is 1. The SMILES string of the molecule is C=CCC[C@@H](c1c(C)cccc1C)N1CCNCC1.Cl.Cl. The van der Waals surface area contributed by atoms with Gasteiger partial charge in [-0.05, 0) is 43.4 Å². The third kappa shape index (κ3) is 5.30. The number of nitrogens with zero attached hydrogens (tertiary/aromatic N) is 1. The number of rotatable bonds is 5. The molecule has 1 N–H and O–H groups in total. The number of halogens is 2. The van der Waals surface area contributed by atoms with Crippen LogP contribution in [0, 0.1) is 13.8 Å². The van der Waals surface area contributed by atoms with Crippen LogP contribution >= 0.6 is 24.8 Å². The van der Waals surface area contributed by atoms with Crippen molar-refractivity contribution in [2.75, 3.05) is 26.2 Å². The maximum absolute atomic E-state index is 3.89. The highest BCUT2D eigenvalue weighted by molar-refractivity contribution is 5.85.